The molecule has 1 N–H and O–H groups in total. The maximum Gasteiger partial charge on any atom is 0.240 e. The molecule has 1 heterocycles. The van der Waals surface area contributed by atoms with Crippen molar-refractivity contribution in [3.8, 4) is 0 Å². The number of carbonyl (C=O) groups excluding carboxylic acids is 1. The fourth-order valence-electron chi connectivity index (χ4n) is 3.27. The lowest BCUT2D eigenvalue weighted by Gasteiger charge is -2.40. The number of likely N-dealkylation sites (N-methyl/N-ethyl adjacent to an activating group) is 1. The van der Waals surface area contributed by atoms with E-state index < -0.39 is 0 Å². The molecule has 1 aliphatic carbocycles. The Kier molecular flexibility index (Phi) is 3.46. The van der Waals surface area contributed by atoms with Gasteiger partial charge in [-0.05, 0) is 40.8 Å². The molecule has 0 radical (unpaired) electrons. The highest BCUT2D eigenvalue weighted by atomic mass is 16.2. The van der Waals surface area contributed by atoms with Crippen molar-refractivity contribution >= 4 is 5.91 Å². The van der Waals surface area contributed by atoms with E-state index in [0.717, 1.165) is 6.54 Å². The molecule has 2 unspecified atom stereocenters. The van der Waals surface area contributed by atoms with Crippen molar-refractivity contribution in [1.82, 2.24) is 15.1 Å². The zero-order valence-corrected chi connectivity index (χ0v) is 11.5. The monoisotopic (exact) mass is 239 g/mol. The number of carbonyl (C=O) groups is 1. The van der Waals surface area contributed by atoms with Crippen molar-refractivity contribution in [3.63, 3.8) is 0 Å². The summed E-state index contributed by atoms with van der Waals surface area (Å²) in [4.78, 5) is 16.5. The molecule has 2 fully saturated rings. The van der Waals surface area contributed by atoms with Gasteiger partial charge in [-0.3, -0.25) is 10.1 Å². The lowest BCUT2D eigenvalue weighted by Crippen LogP contribution is -2.53. The minimum absolute atomic E-state index is 0.0226. The molecule has 98 valence electrons. The van der Waals surface area contributed by atoms with Gasteiger partial charge in [-0.25, -0.2) is 0 Å². The van der Waals surface area contributed by atoms with Gasteiger partial charge in [-0.2, -0.15) is 0 Å². The van der Waals surface area contributed by atoms with E-state index in [-0.39, 0.29) is 23.7 Å². The highest BCUT2D eigenvalue weighted by Gasteiger charge is 2.43. The van der Waals surface area contributed by atoms with E-state index in [9.17, 15) is 4.79 Å². The summed E-state index contributed by atoms with van der Waals surface area (Å²) < 4.78 is 0. The van der Waals surface area contributed by atoms with Crippen LogP contribution in [0.25, 0.3) is 0 Å². The Labute approximate surface area is 104 Å². The van der Waals surface area contributed by atoms with Crippen LogP contribution in [0.2, 0.25) is 0 Å². The first-order valence-corrected chi connectivity index (χ1v) is 6.70. The van der Waals surface area contributed by atoms with Crippen molar-refractivity contribution in [2.75, 3.05) is 20.6 Å². The third kappa shape index (κ3) is 2.20. The van der Waals surface area contributed by atoms with Gasteiger partial charge in [0, 0.05) is 12.1 Å². The van der Waals surface area contributed by atoms with Crippen LogP contribution in [0.1, 0.15) is 39.5 Å². The summed E-state index contributed by atoms with van der Waals surface area (Å²) in [5, 5.41) is 3.30. The van der Waals surface area contributed by atoms with Gasteiger partial charge in [0.05, 0.1) is 12.2 Å². The average Bonchev–Trinajstić information content (AvgIpc) is 2.81. The second-order valence-corrected chi connectivity index (χ2v) is 5.86. The summed E-state index contributed by atoms with van der Waals surface area (Å²) >= 11 is 0. The molecule has 0 bridgehead atoms. The summed E-state index contributed by atoms with van der Waals surface area (Å²) in [5.74, 6) is 0.255. The van der Waals surface area contributed by atoms with Gasteiger partial charge < -0.3 is 9.80 Å². The number of hydrogen-bond donors (Lipinski definition) is 1. The molecule has 1 saturated heterocycles. The van der Waals surface area contributed by atoms with Gasteiger partial charge in [0.1, 0.15) is 0 Å². The second-order valence-electron chi connectivity index (χ2n) is 5.86. The van der Waals surface area contributed by atoms with Crippen molar-refractivity contribution in [3.05, 3.63) is 0 Å². The molecule has 17 heavy (non-hydrogen) atoms. The fourth-order valence-corrected chi connectivity index (χ4v) is 3.27. The molecule has 4 nitrogen and oxygen atoms in total. The van der Waals surface area contributed by atoms with E-state index in [4.69, 9.17) is 0 Å². The van der Waals surface area contributed by atoms with Crippen LogP contribution >= 0.6 is 0 Å². The zero-order chi connectivity index (χ0) is 12.6. The summed E-state index contributed by atoms with van der Waals surface area (Å²) in [6.07, 6.45) is 5.18. The normalized spacial score (nSPS) is 32.8. The van der Waals surface area contributed by atoms with Crippen LogP contribution in [0.15, 0.2) is 0 Å². The summed E-state index contributed by atoms with van der Waals surface area (Å²) in [6.45, 7) is 4.91. The molecule has 2 rings (SSSR count). The van der Waals surface area contributed by atoms with Gasteiger partial charge in [-0.1, -0.05) is 12.8 Å². The average molecular weight is 239 g/mol. The van der Waals surface area contributed by atoms with Crippen LogP contribution < -0.4 is 5.32 Å². The van der Waals surface area contributed by atoms with E-state index in [1.54, 1.807) is 0 Å². The predicted octanol–water partition coefficient (Wildman–Crippen LogP) is 1.03. The highest BCUT2D eigenvalue weighted by molar-refractivity contribution is 5.83. The summed E-state index contributed by atoms with van der Waals surface area (Å²) in [6, 6.07) is -0.0226. The predicted molar refractivity (Wildman–Crippen MR) is 68.7 cm³/mol. The SMILES string of the molecule is CC1NC(C)N(CC2(N(C)C)CCCC2)C1=O. The van der Waals surface area contributed by atoms with E-state index in [2.05, 4.69) is 31.2 Å². The number of rotatable bonds is 3. The number of nitrogens with one attached hydrogen (secondary N) is 1. The van der Waals surface area contributed by atoms with Gasteiger partial charge in [0.25, 0.3) is 0 Å². The van der Waals surface area contributed by atoms with Crippen LogP contribution in [-0.2, 0) is 4.79 Å². The van der Waals surface area contributed by atoms with Gasteiger partial charge in [-0.15, -0.1) is 0 Å². The zero-order valence-electron chi connectivity index (χ0n) is 11.5. The lowest BCUT2D eigenvalue weighted by atomic mass is 9.95. The van der Waals surface area contributed by atoms with Crippen molar-refractivity contribution in [2.24, 2.45) is 0 Å². The smallest absolute Gasteiger partial charge is 0.240 e. The van der Waals surface area contributed by atoms with Crippen molar-refractivity contribution < 1.29 is 4.79 Å². The third-order valence-electron chi connectivity index (χ3n) is 4.56. The Bertz CT molecular complexity index is 297. The molecule has 1 amide bonds. The quantitative estimate of drug-likeness (QED) is 0.799. The molecule has 0 spiro atoms. The number of nitrogens with zero attached hydrogens (tertiary/aromatic N) is 2. The Balaban J connectivity index is 2.11. The van der Waals surface area contributed by atoms with Crippen molar-refractivity contribution in [2.45, 2.75) is 57.3 Å². The maximum absolute atomic E-state index is 12.1. The minimum Gasteiger partial charge on any atom is -0.324 e. The molecule has 0 aromatic carbocycles. The van der Waals surface area contributed by atoms with Gasteiger partial charge >= 0.3 is 0 Å². The topological polar surface area (TPSA) is 35.6 Å². The lowest BCUT2D eigenvalue weighted by molar-refractivity contribution is -0.131. The molecular formula is C13H25N3O. The molecule has 2 atom stereocenters. The Morgan fingerprint density at radius 2 is 1.94 bits per heavy atom. The van der Waals surface area contributed by atoms with Gasteiger partial charge in [0.2, 0.25) is 5.91 Å². The van der Waals surface area contributed by atoms with Crippen LogP contribution in [0, 0.1) is 0 Å². The van der Waals surface area contributed by atoms with Crippen LogP contribution in [0.3, 0.4) is 0 Å². The molecule has 0 aromatic rings. The van der Waals surface area contributed by atoms with Crippen molar-refractivity contribution in [1.29, 1.82) is 0 Å². The Morgan fingerprint density at radius 3 is 2.35 bits per heavy atom. The maximum atomic E-state index is 12.1. The van der Waals surface area contributed by atoms with E-state index >= 15 is 0 Å². The van der Waals surface area contributed by atoms with Crippen LogP contribution in [-0.4, -0.2) is 54.1 Å². The number of amides is 1. The Morgan fingerprint density at radius 1 is 1.35 bits per heavy atom. The summed E-state index contributed by atoms with van der Waals surface area (Å²) in [5.41, 5.74) is 0.204. The first kappa shape index (κ1) is 12.8. The van der Waals surface area contributed by atoms with Crippen LogP contribution in [0.5, 0.6) is 0 Å². The number of hydrogen-bond acceptors (Lipinski definition) is 3. The highest BCUT2D eigenvalue weighted by Crippen LogP contribution is 2.35. The molecule has 2 aliphatic rings. The molecule has 0 aromatic heterocycles. The third-order valence-corrected chi connectivity index (χ3v) is 4.56. The first-order valence-electron chi connectivity index (χ1n) is 6.70. The van der Waals surface area contributed by atoms with Gasteiger partial charge in [0.15, 0.2) is 0 Å². The molecular weight excluding hydrogens is 214 g/mol. The van der Waals surface area contributed by atoms with E-state index in [1.165, 1.54) is 25.7 Å². The second kappa shape index (κ2) is 4.58. The molecule has 4 heteroatoms. The Hall–Kier alpha value is -0.610. The van der Waals surface area contributed by atoms with E-state index in [1.807, 2.05) is 11.8 Å². The standard InChI is InChI=1S/C13H25N3O/c1-10-12(17)16(11(2)14-10)9-13(15(3)4)7-5-6-8-13/h10-11,14H,5-9H2,1-4H3. The minimum atomic E-state index is -0.0226. The fraction of sp³-hybridized carbons (Fsp3) is 0.923. The van der Waals surface area contributed by atoms with E-state index in [0.29, 0.717) is 0 Å². The summed E-state index contributed by atoms with van der Waals surface area (Å²) in [7, 11) is 4.29. The molecule has 1 saturated carbocycles. The largest absolute Gasteiger partial charge is 0.324 e. The molecule has 1 aliphatic heterocycles. The van der Waals surface area contributed by atoms with Crippen LogP contribution in [0.4, 0.5) is 0 Å². The first-order chi connectivity index (χ1) is 7.96.